The van der Waals surface area contributed by atoms with E-state index < -0.39 is 10.7 Å². The molecule has 0 saturated carbocycles. The Morgan fingerprint density at radius 1 is 1.26 bits per heavy atom. The van der Waals surface area contributed by atoms with Crippen LogP contribution in [0.4, 0.5) is 15.8 Å². The van der Waals surface area contributed by atoms with Crippen LogP contribution in [0.3, 0.4) is 0 Å². The standard InChI is InChI=1S/C13H11FN2O3/c14-11-5-2-6-12(16(18)19)13(11)15-8-9-3-1-4-10(17)7-9/h1-7,15,17H,8H2. The zero-order chi connectivity index (χ0) is 13.8. The highest BCUT2D eigenvalue weighted by atomic mass is 19.1. The predicted molar refractivity (Wildman–Crippen MR) is 68.5 cm³/mol. The highest BCUT2D eigenvalue weighted by Crippen LogP contribution is 2.27. The Morgan fingerprint density at radius 3 is 2.68 bits per heavy atom. The molecule has 2 rings (SSSR count). The first-order valence-electron chi connectivity index (χ1n) is 5.52. The number of aromatic hydroxyl groups is 1. The molecule has 2 aromatic carbocycles. The molecule has 0 bridgehead atoms. The number of rotatable bonds is 4. The van der Waals surface area contributed by atoms with Gasteiger partial charge in [0.15, 0.2) is 5.82 Å². The van der Waals surface area contributed by atoms with Gasteiger partial charge in [-0.15, -0.1) is 0 Å². The predicted octanol–water partition coefficient (Wildman–Crippen LogP) is 3.05. The fraction of sp³-hybridized carbons (Fsp3) is 0.0769. The summed E-state index contributed by atoms with van der Waals surface area (Å²) in [6, 6.07) is 10.0. The lowest BCUT2D eigenvalue weighted by Gasteiger charge is -2.08. The Kier molecular flexibility index (Phi) is 3.61. The van der Waals surface area contributed by atoms with Crippen molar-refractivity contribution < 1.29 is 14.4 Å². The van der Waals surface area contributed by atoms with Gasteiger partial charge < -0.3 is 10.4 Å². The smallest absolute Gasteiger partial charge is 0.295 e. The lowest BCUT2D eigenvalue weighted by atomic mass is 10.2. The molecule has 0 saturated heterocycles. The molecule has 0 spiro atoms. The maximum atomic E-state index is 13.6. The van der Waals surface area contributed by atoms with E-state index in [0.29, 0.717) is 5.56 Å². The maximum Gasteiger partial charge on any atom is 0.295 e. The summed E-state index contributed by atoms with van der Waals surface area (Å²) in [5.41, 5.74) is 0.216. The average molecular weight is 262 g/mol. The number of para-hydroxylation sites is 1. The molecule has 98 valence electrons. The van der Waals surface area contributed by atoms with Crippen molar-refractivity contribution in [2.24, 2.45) is 0 Å². The highest BCUT2D eigenvalue weighted by molar-refractivity contribution is 5.62. The normalized spacial score (nSPS) is 10.2. The maximum absolute atomic E-state index is 13.6. The topological polar surface area (TPSA) is 75.4 Å². The zero-order valence-corrected chi connectivity index (χ0v) is 9.84. The van der Waals surface area contributed by atoms with Gasteiger partial charge in [0.05, 0.1) is 4.92 Å². The van der Waals surface area contributed by atoms with E-state index >= 15 is 0 Å². The summed E-state index contributed by atoms with van der Waals surface area (Å²) < 4.78 is 13.6. The number of nitro groups is 1. The summed E-state index contributed by atoms with van der Waals surface area (Å²) in [5, 5.41) is 22.8. The number of nitro benzene ring substituents is 1. The molecule has 0 aliphatic carbocycles. The van der Waals surface area contributed by atoms with Crippen molar-refractivity contribution in [2.45, 2.75) is 6.54 Å². The van der Waals surface area contributed by atoms with Gasteiger partial charge in [-0.2, -0.15) is 0 Å². The Morgan fingerprint density at radius 2 is 2.00 bits per heavy atom. The number of nitrogens with zero attached hydrogens (tertiary/aromatic N) is 1. The molecule has 5 nitrogen and oxygen atoms in total. The minimum absolute atomic E-state index is 0.0855. The number of benzene rings is 2. The van der Waals surface area contributed by atoms with Crippen LogP contribution in [0.15, 0.2) is 42.5 Å². The van der Waals surface area contributed by atoms with Crippen molar-refractivity contribution in [3.05, 3.63) is 64.0 Å². The summed E-state index contributed by atoms with van der Waals surface area (Å²) in [4.78, 5) is 10.2. The van der Waals surface area contributed by atoms with Gasteiger partial charge in [-0.1, -0.05) is 18.2 Å². The van der Waals surface area contributed by atoms with Crippen LogP contribution in [0.1, 0.15) is 5.56 Å². The first-order valence-corrected chi connectivity index (χ1v) is 5.52. The van der Waals surface area contributed by atoms with Gasteiger partial charge in [0.2, 0.25) is 0 Å². The van der Waals surface area contributed by atoms with Gasteiger partial charge in [-0.25, -0.2) is 4.39 Å². The van der Waals surface area contributed by atoms with Crippen LogP contribution in [0, 0.1) is 15.9 Å². The van der Waals surface area contributed by atoms with Gasteiger partial charge in [-0.05, 0) is 23.8 Å². The summed E-state index contributed by atoms with van der Waals surface area (Å²) in [6.45, 7) is 0.177. The minimum atomic E-state index is -0.686. The molecule has 0 aliphatic rings. The molecule has 2 N–H and O–H groups in total. The van der Waals surface area contributed by atoms with Crippen LogP contribution in [-0.2, 0) is 6.54 Å². The number of phenolic OH excluding ortho intramolecular Hbond substituents is 1. The van der Waals surface area contributed by atoms with E-state index in [9.17, 15) is 19.6 Å². The number of anilines is 1. The van der Waals surface area contributed by atoms with Crippen LogP contribution in [-0.4, -0.2) is 10.0 Å². The van der Waals surface area contributed by atoms with Gasteiger partial charge in [0.25, 0.3) is 5.69 Å². The quantitative estimate of drug-likeness (QED) is 0.656. The number of hydrogen-bond acceptors (Lipinski definition) is 4. The van der Waals surface area contributed by atoms with Crippen molar-refractivity contribution in [3.8, 4) is 5.75 Å². The number of nitrogens with one attached hydrogen (secondary N) is 1. The fourth-order valence-electron chi connectivity index (χ4n) is 1.70. The van der Waals surface area contributed by atoms with Crippen LogP contribution < -0.4 is 5.32 Å². The Labute approximate surface area is 108 Å². The molecule has 2 aromatic rings. The Bertz CT molecular complexity index is 617. The van der Waals surface area contributed by atoms with Gasteiger partial charge in [-0.3, -0.25) is 10.1 Å². The number of halogens is 1. The molecule has 0 amide bonds. The van der Waals surface area contributed by atoms with Crippen molar-refractivity contribution in [2.75, 3.05) is 5.32 Å². The van der Waals surface area contributed by atoms with Crippen LogP contribution >= 0.6 is 0 Å². The SMILES string of the molecule is O=[N+]([O-])c1cccc(F)c1NCc1cccc(O)c1. The largest absolute Gasteiger partial charge is 0.508 e. The van der Waals surface area contributed by atoms with E-state index in [0.717, 1.165) is 6.07 Å². The van der Waals surface area contributed by atoms with Crippen molar-refractivity contribution in [3.63, 3.8) is 0 Å². The second-order valence-electron chi connectivity index (χ2n) is 3.91. The van der Waals surface area contributed by atoms with Crippen LogP contribution in [0.2, 0.25) is 0 Å². The molecule has 6 heteroatoms. The molecule has 0 aliphatic heterocycles. The first kappa shape index (κ1) is 12.8. The van der Waals surface area contributed by atoms with E-state index in [4.69, 9.17) is 0 Å². The monoisotopic (exact) mass is 262 g/mol. The zero-order valence-electron chi connectivity index (χ0n) is 9.84. The lowest BCUT2D eigenvalue weighted by Crippen LogP contribution is -2.04. The molecule has 0 atom stereocenters. The number of phenols is 1. The summed E-state index contributed by atoms with van der Waals surface area (Å²) in [7, 11) is 0. The molecular formula is C13H11FN2O3. The lowest BCUT2D eigenvalue weighted by molar-refractivity contribution is -0.384. The number of hydrogen-bond donors (Lipinski definition) is 2. The van der Waals surface area contributed by atoms with Crippen LogP contribution in [0.5, 0.6) is 5.75 Å². The minimum Gasteiger partial charge on any atom is -0.508 e. The first-order chi connectivity index (χ1) is 9.08. The fourth-order valence-corrected chi connectivity index (χ4v) is 1.70. The molecule has 19 heavy (non-hydrogen) atoms. The second-order valence-corrected chi connectivity index (χ2v) is 3.91. The van der Waals surface area contributed by atoms with Gasteiger partial charge in [0, 0.05) is 12.6 Å². The van der Waals surface area contributed by atoms with E-state index in [2.05, 4.69) is 5.32 Å². The molecule has 0 unspecified atom stereocenters. The third-order valence-corrected chi connectivity index (χ3v) is 2.57. The third kappa shape index (κ3) is 2.98. The molecule has 0 radical (unpaired) electrons. The van der Waals surface area contributed by atoms with Crippen molar-refractivity contribution >= 4 is 11.4 Å². The second kappa shape index (κ2) is 5.34. The van der Waals surface area contributed by atoms with E-state index in [1.54, 1.807) is 12.1 Å². The molecular weight excluding hydrogens is 251 g/mol. The average Bonchev–Trinajstić information content (AvgIpc) is 2.37. The third-order valence-electron chi connectivity index (χ3n) is 2.57. The van der Waals surface area contributed by atoms with Crippen molar-refractivity contribution in [1.82, 2.24) is 0 Å². The van der Waals surface area contributed by atoms with Gasteiger partial charge >= 0.3 is 0 Å². The van der Waals surface area contributed by atoms with Crippen molar-refractivity contribution in [1.29, 1.82) is 0 Å². The highest BCUT2D eigenvalue weighted by Gasteiger charge is 2.17. The Balaban J connectivity index is 2.22. The molecule has 0 heterocycles. The summed E-state index contributed by atoms with van der Waals surface area (Å²) >= 11 is 0. The van der Waals surface area contributed by atoms with E-state index in [1.807, 2.05) is 0 Å². The molecule has 0 fully saturated rings. The molecule has 0 aromatic heterocycles. The summed E-state index contributed by atoms with van der Waals surface area (Å²) in [6.07, 6.45) is 0. The van der Waals surface area contributed by atoms with Crippen LogP contribution in [0.25, 0.3) is 0 Å². The van der Waals surface area contributed by atoms with E-state index in [1.165, 1.54) is 24.3 Å². The van der Waals surface area contributed by atoms with Gasteiger partial charge in [0.1, 0.15) is 11.4 Å². The Hall–Kier alpha value is -2.63. The van der Waals surface area contributed by atoms with E-state index in [-0.39, 0.29) is 23.7 Å². The summed E-state index contributed by atoms with van der Waals surface area (Å²) in [5.74, 6) is -0.600.